The predicted molar refractivity (Wildman–Crippen MR) is 125 cm³/mol. The van der Waals surface area contributed by atoms with E-state index in [0.717, 1.165) is 23.5 Å². The third-order valence-corrected chi connectivity index (χ3v) is 5.76. The fourth-order valence-corrected chi connectivity index (χ4v) is 3.96. The van der Waals surface area contributed by atoms with Gasteiger partial charge in [-0.2, -0.15) is 18.3 Å². The third-order valence-electron chi connectivity index (χ3n) is 4.80. The van der Waals surface area contributed by atoms with Crippen molar-refractivity contribution in [2.45, 2.75) is 30.4 Å². The van der Waals surface area contributed by atoms with E-state index in [1.165, 1.54) is 0 Å². The minimum absolute atomic E-state index is 0.135. The Kier molecular flexibility index (Phi) is 6.69. The zero-order chi connectivity index (χ0) is 24.3. The Labute approximate surface area is 198 Å². The Morgan fingerprint density at radius 2 is 1.65 bits per heavy atom. The summed E-state index contributed by atoms with van der Waals surface area (Å²) >= 11 is 0.855. The third kappa shape index (κ3) is 5.45. The van der Waals surface area contributed by atoms with Crippen LogP contribution in [0.5, 0.6) is 0 Å². The Balaban J connectivity index is 1.57. The molecule has 4 aromatic rings. The van der Waals surface area contributed by atoms with Crippen LogP contribution in [0, 0.1) is 6.92 Å². The summed E-state index contributed by atoms with van der Waals surface area (Å²) in [6, 6.07) is 20.4. The summed E-state index contributed by atoms with van der Waals surface area (Å²) < 4.78 is 42.0. The van der Waals surface area contributed by atoms with Gasteiger partial charge in [-0.1, -0.05) is 60.3 Å². The van der Waals surface area contributed by atoms with Crippen LogP contribution in [0.25, 0.3) is 16.9 Å². The van der Waals surface area contributed by atoms with Crippen molar-refractivity contribution in [2.75, 3.05) is 5.32 Å². The van der Waals surface area contributed by atoms with Gasteiger partial charge < -0.3 is 5.32 Å². The SMILES string of the molecule is Cc1cc(NC(=O)C(C)Sc2nc(-c3ccccc3)cc(C(F)(F)F)n2)n(-c2ccccc2)n1. The molecule has 2 aromatic heterocycles. The van der Waals surface area contributed by atoms with Crippen molar-refractivity contribution in [1.29, 1.82) is 0 Å². The number of aryl methyl sites for hydroxylation is 1. The molecule has 1 N–H and O–H groups in total. The van der Waals surface area contributed by atoms with Gasteiger partial charge in [0.15, 0.2) is 5.16 Å². The summed E-state index contributed by atoms with van der Waals surface area (Å²) in [6.45, 7) is 3.39. The fraction of sp³-hybridized carbons (Fsp3) is 0.167. The molecule has 1 unspecified atom stereocenters. The first-order chi connectivity index (χ1) is 16.2. The minimum atomic E-state index is -4.65. The number of carbonyl (C=O) groups excluding carboxylic acids is 1. The van der Waals surface area contributed by atoms with E-state index in [-0.39, 0.29) is 10.9 Å². The number of nitrogens with zero attached hydrogens (tertiary/aromatic N) is 4. The molecule has 10 heteroatoms. The summed E-state index contributed by atoms with van der Waals surface area (Å²) in [4.78, 5) is 20.8. The quantitative estimate of drug-likeness (QED) is 0.278. The molecule has 2 aromatic carbocycles. The van der Waals surface area contributed by atoms with Crippen molar-refractivity contribution in [2.24, 2.45) is 0 Å². The summed E-state index contributed by atoms with van der Waals surface area (Å²) in [7, 11) is 0. The van der Waals surface area contributed by atoms with Gasteiger partial charge in [-0.15, -0.1) is 0 Å². The first kappa shape index (κ1) is 23.5. The normalized spacial score (nSPS) is 12.4. The highest BCUT2D eigenvalue weighted by atomic mass is 32.2. The van der Waals surface area contributed by atoms with Crippen LogP contribution in [0.2, 0.25) is 0 Å². The molecule has 1 atom stereocenters. The predicted octanol–water partition coefficient (Wildman–Crippen LogP) is 5.78. The van der Waals surface area contributed by atoms with E-state index in [4.69, 9.17) is 0 Å². The number of hydrogen-bond acceptors (Lipinski definition) is 5. The van der Waals surface area contributed by atoms with Crippen molar-refractivity contribution < 1.29 is 18.0 Å². The van der Waals surface area contributed by atoms with E-state index in [1.54, 1.807) is 54.9 Å². The molecule has 0 fully saturated rings. The zero-order valence-electron chi connectivity index (χ0n) is 18.2. The lowest BCUT2D eigenvalue weighted by Gasteiger charge is -2.14. The van der Waals surface area contributed by atoms with Crippen LogP contribution in [0.1, 0.15) is 18.3 Å². The first-order valence-corrected chi connectivity index (χ1v) is 11.2. The zero-order valence-corrected chi connectivity index (χ0v) is 19.1. The number of hydrogen-bond donors (Lipinski definition) is 1. The van der Waals surface area contributed by atoms with Gasteiger partial charge in [0.25, 0.3) is 0 Å². The lowest BCUT2D eigenvalue weighted by molar-refractivity contribution is -0.141. The molecule has 6 nitrogen and oxygen atoms in total. The molecule has 0 radical (unpaired) electrons. The molecule has 2 heterocycles. The topological polar surface area (TPSA) is 72.7 Å². The second-order valence-electron chi connectivity index (χ2n) is 7.45. The summed E-state index contributed by atoms with van der Waals surface area (Å²) in [5, 5.41) is 6.30. The molecule has 0 aliphatic heterocycles. The maximum Gasteiger partial charge on any atom is 0.433 e. The number of alkyl halides is 3. The molecular weight excluding hydrogens is 463 g/mol. The molecule has 1 amide bonds. The monoisotopic (exact) mass is 483 g/mol. The van der Waals surface area contributed by atoms with E-state index in [0.29, 0.717) is 17.1 Å². The molecule has 0 aliphatic carbocycles. The van der Waals surface area contributed by atoms with Crippen molar-refractivity contribution in [3.63, 3.8) is 0 Å². The Morgan fingerprint density at radius 1 is 1.00 bits per heavy atom. The Hall–Kier alpha value is -3.66. The number of carbonyl (C=O) groups is 1. The standard InChI is InChI=1S/C24H20F3N5OS/c1-15-13-21(32(31-15)18-11-7-4-8-12-18)30-22(33)16(2)34-23-28-19(17-9-5-3-6-10-17)14-20(29-23)24(25,26)27/h3-14,16H,1-2H3,(H,30,33). The smallest absolute Gasteiger partial charge is 0.310 e. The molecule has 34 heavy (non-hydrogen) atoms. The van der Waals surface area contributed by atoms with E-state index in [9.17, 15) is 18.0 Å². The van der Waals surface area contributed by atoms with Crippen molar-refractivity contribution in [3.8, 4) is 16.9 Å². The van der Waals surface area contributed by atoms with Crippen LogP contribution >= 0.6 is 11.8 Å². The highest BCUT2D eigenvalue weighted by molar-refractivity contribution is 8.00. The highest BCUT2D eigenvalue weighted by Gasteiger charge is 2.34. The Morgan fingerprint density at radius 3 is 2.29 bits per heavy atom. The first-order valence-electron chi connectivity index (χ1n) is 10.3. The van der Waals surface area contributed by atoms with Gasteiger partial charge in [-0.25, -0.2) is 14.6 Å². The number of benzene rings is 2. The van der Waals surface area contributed by atoms with Gasteiger partial charge in [0.2, 0.25) is 5.91 Å². The lowest BCUT2D eigenvalue weighted by atomic mass is 10.1. The molecule has 0 saturated carbocycles. The van der Waals surface area contributed by atoms with Gasteiger partial charge >= 0.3 is 6.18 Å². The van der Waals surface area contributed by atoms with Crippen LogP contribution in [-0.2, 0) is 11.0 Å². The van der Waals surface area contributed by atoms with Gasteiger partial charge in [0, 0.05) is 11.6 Å². The number of amides is 1. The average molecular weight is 484 g/mol. The van der Waals surface area contributed by atoms with E-state index >= 15 is 0 Å². The number of anilines is 1. The van der Waals surface area contributed by atoms with Crippen LogP contribution in [0.4, 0.5) is 19.0 Å². The number of rotatable bonds is 6. The van der Waals surface area contributed by atoms with E-state index in [1.807, 2.05) is 30.3 Å². The number of aromatic nitrogens is 4. The largest absolute Gasteiger partial charge is 0.433 e. The number of nitrogens with one attached hydrogen (secondary N) is 1. The number of para-hydroxylation sites is 1. The maximum absolute atomic E-state index is 13.5. The molecule has 0 bridgehead atoms. The van der Waals surface area contributed by atoms with Crippen LogP contribution in [0.15, 0.2) is 78.0 Å². The Bertz CT molecular complexity index is 1290. The number of halogens is 3. The minimum Gasteiger partial charge on any atom is -0.310 e. The summed E-state index contributed by atoms with van der Waals surface area (Å²) in [5.74, 6) is 0.0421. The molecule has 0 saturated heterocycles. The van der Waals surface area contributed by atoms with Crippen LogP contribution in [-0.4, -0.2) is 30.9 Å². The molecular formula is C24H20F3N5OS. The van der Waals surface area contributed by atoms with Crippen molar-refractivity contribution >= 4 is 23.5 Å². The van der Waals surface area contributed by atoms with Crippen LogP contribution < -0.4 is 5.32 Å². The average Bonchev–Trinajstić information content (AvgIpc) is 3.19. The summed E-state index contributed by atoms with van der Waals surface area (Å²) in [6.07, 6.45) is -4.65. The second kappa shape index (κ2) is 9.68. The fourth-order valence-electron chi connectivity index (χ4n) is 3.17. The van der Waals surface area contributed by atoms with Gasteiger partial charge in [0.05, 0.1) is 22.3 Å². The van der Waals surface area contributed by atoms with Gasteiger partial charge in [-0.3, -0.25) is 4.79 Å². The van der Waals surface area contributed by atoms with Crippen molar-refractivity contribution in [1.82, 2.24) is 19.7 Å². The molecule has 0 aliphatic rings. The maximum atomic E-state index is 13.5. The summed E-state index contributed by atoms with van der Waals surface area (Å²) in [5.41, 5.74) is 1.06. The highest BCUT2D eigenvalue weighted by Crippen LogP contribution is 2.33. The molecule has 0 spiro atoms. The second-order valence-corrected chi connectivity index (χ2v) is 8.76. The lowest BCUT2D eigenvalue weighted by Crippen LogP contribution is -2.24. The van der Waals surface area contributed by atoms with Crippen LogP contribution in [0.3, 0.4) is 0 Å². The molecule has 4 rings (SSSR count). The van der Waals surface area contributed by atoms with E-state index in [2.05, 4.69) is 20.4 Å². The van der Waals surface area contributed by atoms with Gasteiger partial charge in [0.1, 0.15) is 11.5 Å². The van der Waals surface area contributed by atoms with E-state index < -0.39 is 23.0 Å². The van der Waals surface area contributed by atoms with Gasteiger partial charge in [-0.05, 0) is 32.0 Å². The molecule has 174 valence electrons. The number of thioether (sulfide) groups is 1. The van der Waals surface area contributed by atoms with Crippen molar-refractivity contribution in [3.05, 3.63) is 84.2 Å².